The van der Waals surface area contributed by atoms with Gasteiger partial charge in [0.1, 0.15) is 0 Å². The first-order chi connectivity index (χ1) is 8.91. The Balaban J connectivity index is 2.40. The van der Waals surface area contributed by atoms with Crippen LogP contribution in [0.1, 0.15) is 0 Å². The Kier molecular flexibility index (Phi) is 3.78. The lowest BCUT2D eigenvalue weighted by molar-refractivity contribution is 0.386. The molecule has 0 saturated heterocycles. The van der Waals surface area contributed by atoms with Crippen molar-refractivity contribution in [3.05, 3.63) is 48.3 Å². The molecule has 0 atom stereocenters. The molecule has 0 amide bonds. The normalized spacial score (nSPS) is 11.3. The Morgan fingerprint density at radius 3 is 2.11 bits per heavy atom. The first-order valence-electron chi connectivity index (χ1n) is 5.30. The van der Waals surface area contributed by atoms with Crippen molar-refractivity contribution in [1.29, 1.82) is 0 Å². The Labute approximate surface area is 115 Å². The van der Waals surface area contributed by atoms with Crippen LogP contribution >= 0.6 is 10.7 Å². The molecule has 0 unspecified atom stereocenters. The van der Waals surface area contributed by atoms with Gasteiger partial charge in [-0.3, -0.25) is 0 Å². The molecule has 6 heteroatoms. The molecule has 2 rings (SSSR count). The summed E-state index contributed by atoms with van der Waals surface area (Å²) in [4.78, 5) is 0.00639. The van der Waals surface area contributed by atoms with E-state index in [1.807, 2.05) is 0 Å². The lowest BCUT2D eigenvalue weighted by Gasteiger charge is -2.06. The Hall–Kier alpha value is -1.59. The number of methoxy groups -OCH3 is 1. The van der Waals surface area contributed by atoms with Crippen molar-refractivity contribution in [1.82, 2.24) is 0 Å². The minimum absolute atomic E-state index is 0.00639. The zero-order valence-corrected chi connectivity index (χ0v) is 11.5. The maximum atomic E-state index is 13.6. The van der Waals surface area contributed by atoms with E-state index in [0.717, 1.165) is 0 Å². The van der Waals surface area contributed by atoms with E-state index < -0.39 is 14.9 Å². The molecule has 0 saturated carbocycles. The van der Waals surface area contributed by atoms with Crippen LogP contribution < -0.4 is 4.74 Å². The van der Waals surface area contributed by atoms with Crippen LogP contribution in [0, 0.1) is 5.82 Å². The minimum atomic E-state index is -3.74. The number of hydrogen-bond acceptors (Lipinski definition) is 3. The number of halogens is 2. The minimum Gasteiger partial charge on any atom is -0.494 e. The maximum Gasteiger partial charge on any atom is 0.261 e. The van der Waals surface area contributed by atoms with E-state index in [0.29, 0.717) is 11.1 Å². The summed E-state index contributed by atoms with van der Waals surface area (Å²) in [6.07, 6.45) is 0. The molecule has 0 heterocycles. The Morgan fingerprint density at radius 1 is 1.05 bits per heavy atom. The molecule has 2 aromatic carbocycles. The van der Waals surface area contributed by atoms with Gasteiger partial charge in [0.25, 0.3) is 9.05 Å². The van der Waals surface area contributed by atoms with Gasteiger partial charge >= 0.3 is 0 Å². The highest BCUT2D eigenvalue weighted by molar-refractivity contribution is 8.13. The first-order valence-corrected chi connectivity index (χ1v) is 7.61. The second-order valence-corrected chi connectivity index (χ2v) is 6.38. The van der Waals surface area contributed by atoms with Crippen LogP contribution in [-0.4, -0.2) is 15.5 Å². The zero-order chi connectivity index (χ0) is 14.0. The van der Waals surface area contributed by atoms with Gasteiger partial charge in [-0.05, 0) is 35.4 Å². The van der Waals surface area contributed by atoms with Crippen molar-refractivity contribution >= 4 is 19.7 Å². The molecule has 0 aliphatic heterocycles. The standard InChI is InChI=1S/C13H10ClFO3S/c1-18-13-7-4-10(8-12(13)15)9-2-5-11(6-3-9)19(14,16)17/h2-8H,1H3. The van der Waals surface area contributed by atoms with E-state index in [2.05, 4.69) is 0 Å². The summed E-state index contributed by atoms with van der Waals surface area (Å²) in [6, 6.07) is 10.4. The van der Waals surface area contributed by atoms with Gasteiger partial charge in [0.05, 0.1) is 12.0 Å². The summed E-state index contributed by atoms with van der Waals surface area (Å²) in [6.45, 7) is 0. The van der Waals surface area contributed by atoms with Crippen molar-refractivity contribution in [3.63, 3.8) is 0 Å². The monoisotopic (exact) mass is 300 g/mol. The van der Waals surface area contributed by atoms with Gasteiger partial charge < -0.3 is 4.74 Å². The van der Waals surface area contributed by atoms with Crippen molar-refractivity contribution in [2.24, 2.45) is 0 Å². The predicted molar refractivity (Wildman–Crippen MR) is 71.4 cm³/mol. The third-order valence-corrected chi connectivity index (χ3v) is 3.99. The van der Waals surface area contributed by atoms with Crippen LogP contribution in [-0.2, 0) is 9.05 Å². The number of hydrogen-bond donors (Lipinski definition) is 0. The van der Waals surface area contributed by atoms with Crippen LogP contribution in [0.2, 0.25) is 0 Å². The van der Waals surface area contributed by atoms with Gasteiger partial charge in [0.2, 0.25) is 0 Å². The number of rotatable bonds is 3. The molecule has 0 aromatic heterocycles. The van der Waals surface area contributed by atoms with E-state index in [1.165, 1.54) is 31.4 Å². The molecule has 2 aromatic rings. The smallest absolute Gasteiger partial charge is 0.261 e. The summed E-state index contributed by atoms with van der Waals surface area (Å²) in [5.74, 6) is -0.322. The third-order valence-electron chi connectivity index (χ3n) is 2.62. The van der Waals surface area contributed by atoms with E-state index in [-0.39, 0.29) is 10.6 Å². The topological polar surface area (TPSA) is 43.4 Å². The summed E-state index contributed by atoms with van der Waals surface area (Å²) >= 11 is 0. The van der Waals surface area contributed by atoms with E-state index in [1.54, 1.807) is 18.2 Å². The molecule has 0 fully saturated rings. The van der Waals surface area contributed by atoms with Crippen LogP contribution in [0.5, 0.6) is 5.75 Å². The lowest BCUT2D eigenvalue weighted by atomic mass is 10.1. The SMILES string of the molecule is COc1ccc(-c2ccc(S(=O)(=O)Cl)cc2)cc1F. The maximum absolute atomic E-state index is 13.6. The van der Waals surface area contributed by atoms with E-state index in [4.69, 9.17) is 15.4 Å². The molecule has 0 aliphatic carbocycles. The van der Waals surface area contributed by atoms with Crippen molar-refractivity contribution < 1.29 is 17.5 Å². The number of benzene rings is 2. The molecule has 0 spiro atoms. The molecule has 3 nitrogen and oxygen atoms in total. The molecule has 0 aliphatic rings. The van der Waals surface area contributed by atoms with Gasteiger partial charge in [0, 0.05) is 10.7 Å². The van der Waals surface area contributed by atoms with Gasteiger partial charge in [0.15, 0.2) is 11.6 Å². The van der Waals surface area contributed by atoms with Gasteiger partial charge in [-0.25, -0.2) is 12.8 Å². The fourth-order valence-electron chi connectivity index (χ4n) is 1.66. The molecule has 0 bridgehead atoms. The highest BCUT2D eigenvalue weighted by Gasteiger charge is 2.10. The van der Waals surface area contributed by atoms with Crippen LogP contribution in [0.15, 0.2) is 47.4 Å². The zero-order valence-electron chi connectivity index (χ0n) is 9.93. The highest BCUT2D eigenvalue weighted by Crippen LogP contribution is 2.26. The van der Waals surface area contributed by atoms with E-state index >= 15 is 0 Å². The quantitative estimate of drug-likeness (QED) is 0.816. The number of ether oxygens (including phenoxy) is 1. The van der Waals surface area contributed by atoms with Crippen LogP contribution in [0.4, 0.5) is 4.39 Å². The Bertz CT molecular complexity index is 696. The summed E-state index contributed by atoms with van der Waals surface area (Å²) in [7, 11) is 2.86. The van der Waals surface area contributed by atoms with Gasteiger partial charge in [-0.1, -0.05) is 18.2 Å². The molecule has 19 heavy (non-hydrogen) atoms. The van der Waals surface area contributed by atoms with E-state index in [9.17, 15) is 12.8 Å². The third kappa shape index (κ3) is 3.05. The lowest BCUT2D eigenvalue weighted by Crippen LogP contribution is -1.91. The van der Waals surface area contributed by atoms with Gasteiger partial charge in [-0.2, -0.15) is 0 Å². The summed E-state index contributed by atoms with van der Waals surface area (Å²) < 4.78 is 40.6. The van der Waals surface area contributed by atoms with Crippen molar-refractivity contribution in [2.75, 3.05) is 7.11 Å². The predicted octanol–water partition coefficient (Wildman–Crippen LogP) is 3.43. The molecule has 0 N–H and O–H groups in total. The molecular formula is C13H10ClFO3S. The average molecular weight is 301 g/mol. The van der Waals surface area contributed by atoms with Crippen LogP contribution in [0.25, 0.3) is 11.1 Å². The largest absolute Gasteiger partial charge is 0.494 e. The van der Waals surface area contributed by atoms with Crippen molar-refractivity contribution in [3.8, 4) is 16.9 Å². The summed E-state index contributed by atoms with van der Waals surface area (Å²) in [5, 5.41) is 0. The second-order valence-electron chi connectivity index (χ2n) is 3.81. The Morgan fingerprint density at radius 2 is 1.63 bits per heavy atom. The molecule has 100 valence electrons. The fraction of sp³-hybridized carbons (Fsp3) is 0.0769. The summed E-state index contributed by atoms with van der Waals surface area (Å²) in [5.41, 5.74) is 1.31. The first kappa shape index (κ1) is 13.8. The fourth-order valence-corrected chi connectivity index (χ4v) is 2.43. The second kappa shape index (κ2) is 5.19. The highest BCUT2D eigenvalue weighted by atomic mass is 35.7. The molecule has 0 radical (unpaired) electrons. The average Bonchev–Trinajstić information content (AvgIpc) is 2.38. The van der Waals surface area contributed by atoms with Gasteiger partial charge in [-0.15, -0.1) is 0 Å². The van der Waals surface area contributed by atoms with Crippen molar-refractivity contribution in [2.45, 2.75) is 4.90 Å². The van der Waals surface area contributed by atoms with Crippen LogP contribution in [0.3, 0.4) is 0 Å². The molecular weight excluding hydrogens is 291 g/mol.